The van der Waals surface area contributed by atoms with E-state index < -0.39 is 0 Å². The molecule has 1 saturated heterocycles. The minimum absolute atomic E-state index is 0.475. The zero-order valence-electron chi connectivity index (χ0n) is 7.38. The smallest absolute Gasteiger partial charge is 0.179 e. The molecule has 0 aromatic carbocycles. The van der Waals surface area contributed by atoms with Gasteiger partial charge in [-0.05, 0) is 25.7 Å². The van der Waals surface area contributed by atoms with Crippen molar-refractivity contribution in [3.05, 3.63) is 0 Å². The lowest BCUT2D eigenvalue weighted by Gasteiger charge is -2.33. The standard InChI is InChI=1S/C9H16N2/c1-3-9-5-4-8(2)11(6-9)7-10/h8-9H,3-6H2,1-2H3. The topological polar surface area (TPSA) is 27.0 Å². The Labute approximate surface area is 68.8 Å². The van der Waals surface area contributed by atoms with Crippen molar-refractivity contribution in [1.82, 2.24) is 4.90 Å². The van der Waals surface area contributed by atoms with E-state index >= 15 is 0 Å². The van der Waals surface area contributed by atoms with E-state index in [2.05, 4.69) is 20.0 Å². The molecule has 0 aromatic heterocycles. The third kappa shape index (κ3) is 1.86. The second-order valence-corrected chi connectivity index (χ2v) is 3.45. The number of likely N-dealkylation sites (tertiary alicyclic amines) is 1. The van der Waals surface area contributed by atoms with Gasteiger partial charge in [-0.25, -0.2) is 0 Å². The number of nitrogens with zero attached hydrogens (tertiary/aromatic N) is 2. The van der Waals surface area contributed by atoms with Gasteiger partial charge in [-0.1, -0.05) is 13.3 Å². The van der Waals surface area contributed by atoms with Crippen molar-refractivity contribution >= 4 is 0 Å². The fraction of sp³-hybridized carbons (Fsp3) is 0.889. The summed E-state index contributed by atoms with van der Waals surface area (Å²) in [4.78, 5) is 1.91. The highest BCUT2D eigenvalue weighted by Gasteiger charge is 2.22. The molecule has 11 heavy (non-hydrogen) atoms. The lowest BCUT2D eigenvalue weighted by molar-refractivity contribution is 0.179. The summed E-state index contributed by atoms with van der Waals surface area (Å²) >= 11 is 0. The highest BCUT2D eigenvalue weighted by molar-refractivity contribution is 4.86. The fourth-order valence-electron chi connectivity index (χ4n) is 1.65. The van der Waals surface area contributed by atoms with Crippen LogP contribution in [0.5, 0.6) is 0 Å². The van der Waals surface area contributed by atoms with Crippen molar-refractivity contribution in [1.29, 1.82) is 5.26 Å². The molecule has 1 aliphatic heterocycles. The van der Waals surface area contributed by atoms with Crippen LogP contribution >= 0.6 is 0 Å². The van der Waals surface area contributed by atoms with Crippen LogP contribution in [0.15, 0.2) is 0 Å². The van der Waals surface area contributed by atoms with Gasteiger partial charge in [0.2, 0.25) is 0 Å². The van der Waals surface area contributed by atoms with Crippen LogP contribution in [0, 0.1) is 17.4 Å². The monoisotopic (exact) mass is 152 g/mol. The molecule has 1 rings (SSSR count). The SMILES string of the molecule is CCC1CCC(C)N(C#N)C1. The average Bonchev–Trinajstić information content (AvgIpc) is 2.05. The molecule has 0 spiro atoms. The van der Waals surface area contributed by atoms with E-state index in [1.165, 1.54) is 19.3 Å². The maximum atomic E-state index is 8.75. The lowest BCUT2D eigenvalue weighted by Crippen LogP contribution is -2.38. The first-order valence-corrected chi connectivity index (χ1v) is 4.44. The largest absolute Gasteiger partial charge is 0.308 e. The molecule has 2 atom stereocenters. The second kappa shape index (κ2) is 3.61. The van der Waals surface area contributed by atoms with Crippen molar-refractivity contribution in [3.63, 3.8) is 0 Å². The molecule has 2 nitrogen and oxygen atoms in total. The quantitative estimate of drug-likeness (QED) is 0.537. The Kier molecular flexibility index (Phi) is 2.76. The normalized spacial score (nSPS) is 31.5. The Bertz CT molecular complexity index is 159. The van der Waals surface area contributed by atoms with E-state index in [0.717, 1.165) is 12.5 Å². The molecule has 1 aliphatic rings. The van der Waals surface area contributed by atoms with Crippen LogP contribution in [0.3, 0.4) is 0 Å². The predicted molar refractivity (Wildman–Crippen MR) is 44.8 cm³/mol. The van der Waals surface area contributed by atoms with Crippen LogP contribution in [0.2, 0.25) is 0 Å². The van der Waals surface area contributed by atoms with Gasteiger partial charge in [0.25, 0.3) is 0 Å². The summed E-state index contributed by atoms with van der Waals surface area (Å²) < 4.78 is 0. The third-order valence-corrected chi connectivity index (χ3v) is 2.69. The predicted octanol–water partition coefficient (Wildman–Crippen LogP) is 1.98. The molecule has 0 aromatic rings. The lowest BCUT2D eigenvalue weighted by atomic mass is 9.92. The van der Waals surface area contributed by atoms with E-state index in [1.807, 2.05) is 4.90 Å². The van der Waals surface area contributed by atoms with Crippen molar-refractivity contribution in [2.45, 2.75) is 39.2 Å². The average molecular weight is 152 g/mol. The number of nitriles is 1. The zero-order valence-corrected chi connectivity index (χ0v) is 7.38. The summed E-state index contributed by atoms with van der Waals surface area (Å²) in [7, 11) is 0. The molecule has 0 saturated carbocycles. The summed E-state index contributed by atoms with van der Waals surface area (Å²) in [5.74, 6) is 0.755. The molecule has 0 aliphatic carbocycles. The molecule has 0 N–H and O–H groups in total. The van der Waals surface area contributed by atoms with Crippen LogP contribution < -0.4 is 0 Å². The van der Waals surface area contributed by atoms with Gasteiger partial charge >= 0.3 is 0 Å². The van der Waals surface area contributed by atoms with Gasteiger partial charge in [0, 0.05) is 12.6 Å². The van der Waals surface area contributed by atoms with Crippen LogP contribution in [0.1, 0.15) is 33.1 Å². The molecule has 0 radical (unpaired) electrons. The molecule has 0 amide bonds. The third-order valence-electron chi connectivity index (χ3n) is 2.69. The Hall–Kier alpha value is -0.710. The van der Waals surface area contributed by atoms with Gasteiger partial charge in [0.05, 0.1) is 0 Å². The van der Waals surface area contributed by atoms with Crippen molar-refractivity contribution < 1.29 is 0 Å². The summed E-state index contributed by atoms with van der Waals surface area (Å²) in [6.45, 7) is 5.32. The van der Waals surface area contributed by atoms with E-state index in [9.17, 15) is 0 Å². The number of rotatable bonds is 1. The van der Waals surface area contributed by atoms with E-state index in [4.69, 9.17) is 5.26 Å². The molecular formula is C9H16N2. The van der Waals surface area contributed by atoms with Gasteiger partial charge in [-0.3, -0.25) is 0 Å². The summed E-state index contributed by atoms with van der Waals surface area (Å²) in [6, 6.07) is 0.475. The van der Waals surface area contributed by atoms with Crippen molar-refractivity contribution in [2.75, 3.05) is 6.54 Å². The molecule has 2 heteroatoms. The number of hydrogen-bond acceptors (Lipinski definition) is 2. The van der Waals surface area contributed by atoms with Crippen molar-refractivity contribution in [2.24, 2.45) is 5.92 Å². The molecule has 1 fully saturated rings. The number of hydrogen-bond donors (Lipinski definition) is 0. The number of piperidine rings is 1. The second-order valence-electron chi connectivity index (χ2n) is 3.45. The first-order chi connectivity index (χ1) is 5.27. The minimum atomic E-state index is 0.475. The molecule has 1 heterocycles. The Morgan fingerprint density at radius 2 is 2.27 bits per heavy atom. The molecule has 0 bridgehead atoms. The van der Waals surface area contributed by atoms with Gasteiger partial charge in [0.15, 0.2) is 6.19 Å². The Morgan fingerprint density at radius 1 is 1.55 bits per heavy atom. The van der Waals surface area contributed by atoms with Gasteiger partial charge < -0.3 is 4.90 Å². The van der Waals surface area contributed by atoms with Crippen molar-refractivity contribution in [3.8, 4) is 6.19 Å². The maximum absolute atomic E-state index is 8.75. The van der Waals surface area contributed by atoms with Gasteiger partial charge in [-0.15, -0.1) is 0 Å². The molecule has 2 unspecified atom stereocenters. The Balaban J connectivity index is 2.46. The van der Waals surface area contributed by atoms with Crippen LogP contribution in [-0.4, -0.2) is 17.5 Å². The van der Waals surface area contributed by atoms with Crippen LogP contribution in [0.4, 0.5) is 0 Å². The highest BCUT2D eigenvalue weighted by atomic mass is 15.1. The zero-order chi connectivity index (χ0) is 8.27. The van der Waals surface area contributed by atoms with E-state index in [1.54, 1.807) is 0 Å². The summed E-state index contributed by atoms with van der Waals surface area (Å²) in [5, 5.41) is 8.75. The molecular weight excluding hydrogens is 136 g/mol. The van der Waals surface area contributed by atoms with Crippen LogP contribution in [-0.2, 0) is 0 Å². The maximum Gasteiger partial charge on any atom is 0.179 e. The Morgan fingerprint density at radius 3 is 2.82 bits per heavy atom. The summed E-state index contributed by atoms with van der Waals surface area (Å²) in [5.41, 5.74) is 0. The van der Waals surface area contributed by atoms with E-state index in [-0.39, 0.29) is 0 Å². The summed E-state index contributed by atoms with van der Waals surface area (Å²) in [6.07, 6.45) is 5.95. The fourth-order valence-corrected chi connectivity index (χ4v) is 1.65. The van der Waals surface area contributed by atoms with Gasteiger partial charge in [-0.2, -0.15) is 5.26 Å². The van der Waals surface area contributed by atoms with Crippen LogP contribution in [0.25, 0.3) is 0 Å². The molecule has 62 valence electrons. The van der Waals surface area contributed by atoms with Gasteiger partial charge in [0.1, 0.15) is 0 Å². The minimum Gasteiger partial charge on any atom is -0.308 e. The van der Waals surface area contributed by atoms with E-state index in [0.29, 0.717) is 6.04 Å². The first-order valence-electron chi connectivity index (χ1n) is 4.44. The first kappa shape index (κ1) is 8.39. The highest BCUT2D eigenvalue weighted by Crippen LogP contribution is 2.22.